The van der Waals surface area contributed by atoms with Crippen LogP contribution in [0.15, 0.2) is 356 Å². The number of aromatic nitrogens is 6. The first kappa shape index (κ1) is 61.6. The van der Waals surface area contributed by atoms with Crippen molar-refractivity contribution in [3.63, 3.8) is 0 Å². The van der Waals surface area contributed by atoms with E-state index in [1.165, 1.54) is 98.0 Å². The molecule has 0 aliphatic heterocycles. The van der Waals surface area contributed by atoms with Crippen molar-refractivity contribution in [3.8, 4) is 90.3 Å². The molecule has 102 heavy (non-hydrogen) atoms. The molecule has 0 aliphatic carbocycles. The van der Waals surface area contributed by atoms with Crippen LogP contribution in [0.3, 0.4) is 0 Å². The number of hydrogen-bond donors (Lipinski definition) is 2. The molecule has 0 aliphatic rings. The number of rotatable bonds is 10. The predicted octanol–water partition coefficient (Wildman–Crippen LogP) is 22.4. The summed E-state index contributed by atoms with van der Waals surface area (Å²) in [5.74, 6) is 3.29. The molecule has 0 spiro atoms. The van der Waals surface area contributed by atoms with Gasteiger partial charge in [-0.1, -0.05) is 319 Å². The second-order valence-electron chi connectivity index (χ2n) is 25.7. The van der Waals surface area contributed by atoms with Gasteiger partial charge in [0.25, 0.3) is 0 Å². The van der Waals surface area contributed by atoms with Crippen molar-refractivity contribution in [2.45, 2.75) is 0 Å². The predicted molar refractivity (Wildman–Crippen MR) is 427 cm³/mol. The van der Waals surface area contributed by atoms with E-state index < -0.39 is 7.12 Å². The highest BCUT2D eigenvalue weighted by molar-refractivity contribution is 9.10. The van der Waals surface area contributed by atoms with E-state index in [1.807, 2.05) is 121 Å². The SMILES string of the molecule is Brc1ccc(-n2c(-c3ccccc3)nnc2-c2ccccc2)cc1.OB(O)c1ccc2ccc3c(-c4ccc5ccccc5c4)ccc4ccc1c2c43.c1ccc(-c2nnc(-c3ccccc3)n2-c2ccc(-c3ccc4ccc5c(-c6ccc7ccccc7c6)ccc6ccc3c4c65)cc2)cc1. The van der Waals surface area contributed by atoms with Crippen molar-refractivity contribution >= 4 is 115 Å². The molecule has 2 heterocycles. The Balaban J connectivity index is 0.000000119. The summed E-state index contributed by atoms with van der Waals surface area (Å²) in [6, 6.07) is 123. The summed E-state index contributed by atoms with van der Waals surface area (Å²) >= 11 is 3.50. The number of hydrogen-bond acceptors (Lipinski definition) is 6. The van der Waals surface area contributed by atoms with E-state index in [2.05, 4.69) is 270 Å². The van der Waals surface area contributed by atoms with Gasteiger partial charge in [0.2, 0.25) is 0 Å². The first-order chi connectivity index (χ1) is 50.3. The van der Waals surface area contributed by atoms with Gasteiger partial charge in [0.05, 0.1) is 0 Å². The lowest BCUT2D eigenvalue weighted by Crippen LogP contribution is -2.30. The Kier molecular flexibility index (Phi) is 15.8. The molecule has 8 nitrogen and oxygen atoms in total. The second kappa shape index (κ2) is 26.2. The number of fused-ring (bicyclic) bond motifs is 2. The third-order valence-electron chi connectivity index (χ3n) is 19.7. The standard InChI is InChI=1S/C46H29N3.C26H17BO2.C20H14BrN3/c1-3-10-34(11-4-1)45-47-48-46(35-12-5-2-6-13-35)49(45)38-23-17-31(18-24-38)39-25-19-32-22-28-42-40(26-20-33-21-27-41(39)43(32)44(33)42)37-16-15-30-9-7-8-14-36(30)29-37;28-27(29)24-14-10-18-8-12-22-21(11-7-17-9-13-23(24)26(18)25(17)22)20-6-5-16-3-1-2-4-19(16)15-20;21-17-11-13-18(14-12-17)24-19(15-7-3-1-4-8-15)22-23-20(24)16-9-5-2-6-10-16/h1-29H;1-15,28-29H;1-14H. The molecular weight excluding hydrogens is 1310 g/mol. The van der Waals surface area contributed by atoms with Crippen LogP contribution in [0.4, 0.5) is 0 Å². The minimum absolute atomic E-state index is 0.544. The molecular formula is C92H60BBrN6O2. The fraction of sp³-hybridized carbons (Fsp3) is 0. The molecule has 0 atom stereocenters. The molecule has 0 amide bonds. The van der Waals surface area contributed by atoms with E-state index in [1.54, 1.807) is 6.07 Å². The molecule has 2 aromatic heterocycles. The smallest absolute Gasteiger partial charge is 0.423 e. The van der Waals surface area contributed by atoms with Gasteiger partial charge in [-0.3, -0.25) is 9.13 Å². The number of benzene rings is 18. The zero-order chi connectivity index (χ0) is 68.2. The zero-order valence-electron chi connectivity index (χ0n) is 55.0. The maximum atomic E-state index is 9.84. The third-order valence-corrected chi connectivity index (χ3v) is 20.3. The Morgan fingerprint density at radius 1 is 0.235 bits per heavy atom. The van der Waals surface area contributed by atoms with Crippen molar-refractivity contribution in [2.75, 3.05) is 0 Å². The molecule has 0 saturated heterocycles. The summed E-state index contributed by atoms with van der Waals surface area (Å²) < 4.78 is 5.30. The van der Waals surface area contributed by atoms with Crippen LogP contribution >= 0.6 is 15.9 Å². The second-order valence-corrected chi connectivity index (χ2v) is 26.6. The Morgan fingerprint density at radius 3 is 0.892 bits per heavy atom. The highest BCUT2D eigenvalue weighted by Gasteiger charge is 2.23. The number of nitrogens with zero attached hydrogens (tertiary/aromatic N) is 6. The monoisotopic (exact) mass is 1370 g/mol. The van der Waals surface area contributed by atoms with Crippen molar-refractivity contribution in [2.24, 2.45) is 0 Å². The molecule has 0 unspecified atom stereocenters. The molecule has 18 aromatic carbocycles. The lowest BCUT2D eigenvalue weighted by Gasteiger charge is -2.17. The molecule has 20 rings (SSSR count). The third kappa shape index (κ3) is 11.2. The van der Waals surface area contributed by atoms with Crippen molar-refractivity contribution in [3.05, 3.63) is 356 Å². The van der Waals surface area contributed by atoms with Gasteiger partial charge in [0.15, 0.2) is 23.3 Å². The highest BCUT2D eigenvalue weighted by atomic mass is 79.9. The Bertz CT molecular complexity index is 6350. The van der Waals surface area contributed by atoms with Crippen molar-refractivity contribution in [1.29, 1.82) is 0 Å². The van der Waals surface area contributed by atoms with E-state index in [4.69, 9.17) is 0 Å². The van der Waals surface area contributed by atoms with Crippen LogP contribution in [0.2, 0.25) is 0 Å². The van der Waals surface area contributed by atoms with Gasteiger partial charge in [-0.15, -0.1) is 20.4 Å². The summed E-state index contributed by atoms with van der Waals surface area (Å²) in [6.07, 6.45) is 0. The number of halogens is 1. The molecule has 480 valence electrons. The Hall–Kier alpha value is -12.7. The molecule has 0 fully saturated rings. The molecule has 0 saturated carbocycles. The van der Waals surface area contributed by atoms with Gasteiger partial charge in [0.1, 0.15) is 0 Å². The van der Waals surface area contributed by atoms with Crippen LogP contribution in [0.1, 0.15) is 0 Å². The maximum Gasteiger partial charge on any atom is 0.489 e. The molecule has 2 N–H and O–H groups in total. The average Bonchev–Trinajstić information content (AvgIpc) is 0.962. The fourth-order valence-electron chi connectivity index (χ4n) is 14.9. The van der Waals surface area contributed by atoms with E-state index in [9.17, 15) is 10.0 Å². The minimum atomic E-state index is -1.49. The first-order valence-electron chi connectivity index (χ1n) is 34.1. The van der Waals surface area contributed by atoms with Crippen LogP contribution in [0.25, 0.3) is 176 Å². The summed E-state index contributed by atoms with van der Waals surface area (Å²) in [6.45, 7) is 0. The van der Waals surface area contributed by atoms with Crippen LogP contribution in [0.5, 0.6) is 0 Å². The van der Waals surface area contributed by atoms with Gasteiger partial charge in [-0.05, 0) is 174 Å². The van der Waals surface area contributed by atoms with Crippen molar-refractivity contribution < 1.29 is 10.0 Å². The summed E-state index contributed by atoms with van der Waals surface area (Å²) in [5, 5.41) is 57.2. The quantitative estimate of drug-likeness (QED) is 0.104. The maximum absolute atomic E-state index is 9.84. The van der Waals surface area contributed by atoms with Gasteiger partial charge in [-0.25, -0.2) is 0 Å². The molecule has 10 heteroatoms. The van der Waals surface area contributed by atoms with Gasteiger partial charge in [-0.2, -0.15) is 0 Å². The average molecular weight is 1370 g/mol. The van der Waals surface area contributed by atoms with Crippen LogP contribution in [-0.2, 0) is 0 Å². The summed E-state index contributed by atoms with van der Waals surface area (Å²) in [7, 11) is -1.49. The minimum Gasteiger partial charge on any atom is -0.423 e. The normalized spacial score (nSPS) is 11.5. The van der Waals surface area contributed by atoms with E-state index in [0.29, 0.717) is 5.46 Å². The van der Waals surface area contributed by atoms with E-state index in [-0.39, 0.29) is 0 Å². The lowest BCUT2D eigenvalue weighted by molar-refractivity contribution is 0.426. The van der Waals surface area contributed by atoms with E-state index in [0.717, 1.165) is 82.9 Å². The molecule has 20 aromatic rings. The van der Waals surface area contributed by atoms with Crippen LogP contribution in [-0.4, -0.2) is 46.7 Å². The molecule has 0 radical (unpaired) electrons. The molecule has 0 bridgehead atoms. The largest absolute Gasteiger partial charge is 0.489 e. The highest BCUT2D eigenvalue weighted by Crippen LogP contribution is 2.45. The Labute approximate surface area is 596 Å². The van der Waals surface area contributed by atoms with Gasteiger partial charge >= 0.3 is 7.12 Å². The van der Waals surface area contributed by atoms with E-state index >= 15 is 0 Å². The first-order valence-corrected chi connectivity index (χ1v) is 34.9. The summed E-state index contributed by atoms with van der Waals surface area (Å²) in [4.78, 5) is 0. The van der Waals surface area contributed by atoms with Gasteiger partial charge < -0.3 is 10.0 Å². The Morgan fingerprint density at radius 2 is 0.520 bits per heavy atom. The topological polar surface area (TPSA) is 102 Å². The van der Waals surface area contributed by atoms with Crippen LogP contribution in [0, 0.1) is 0 Å². The van der Waals surface area contributed by atoms with Crippen molar-refractivity contribution in [1.82, 2.24) is 29.5 Å². The fourth-order valence-corrected chi connectivity index (χ4v) is 15.1. The van der Waals surface area contributed by atoms with Gasteiger partial charge in [0, 0.05) is 38.1 Å². The zero-order valence-corrected chi connectivity index (χ0v) is 56.6. The summed E-state index contributed by atoms with van der Waals surface area (Å²) in [5.41, 5.74) is 14.0. The van der Waals surface area contributed by atoms with Crippen LogP contribution < -0.4 is 5.46 Å². The lowest BCUT2D eigenvalue weighted by atomic mass is 9.75.